The number of fused-ring (bicyclic) bond motifs is 1. The molecule has 0 spiro atoms. The van der Waals surface area contributed by atoms with Gasteiger partial charge in [0.15, 0.2) is 11.5 Å². The van der Waals surface area contributed by atoms with Gasteiger partial charge in [-0.25, -0.2) is 0 Å². The third-order valence-electron chi connectivity index (χ3n) is 3.41. The van der Waals surface area contributed by atoms with Gasteiger partial charge in [-0.15, -0.1) is 0 Å². The molecule has 2 aromatic carbocycles. The number of benzene rings is 2. The summed E-state index contributed by atoms with van der Waals surface area (Å²) in [7, 11) is 1.54. The van der Waals surface area contributed by atoms with Crippen molar-refractivity contribution in [3.63, 3.8) is 0 Å². The second-order valence-electron chi connectivity index (χ2n) is 4.77. The lowest BCUT2D eigenvalue weighted by Crippen LogP contribution is -1.88. The average Bonchev–Trinajstić information content (AvgIpc) is 2.48. The quantitative estimate of drug-likeness (QED) is 0.763. The summed E-state index contributed by atoms with van der Waals surface area (Å²) >= 11 is 0. The van der Waals surface area contributed by atoms with E-state index < -0.39 is 0 Å². The van der Waals surface area contributed by atoms with E-state index in [0.717, 1.165) is 16.6 Å². The third-order valence-corrected chi connectivity index (χ3v) is 3.41. The smallest absolute Gasteiger partial charge is 0.167 e. The van der Waals surface area contributed by atoms with Crippen molar-refractivity contribution in [3.8, 4) is 22.8 Å². The van der Waals surface area contributed by atoms with Crippen molar-refractivity contribution in [2.75, 3.05) is 7.11 Å². The topological polar surface area (TPSA) is 42.4 Å². The predicted octanol–water partition coefficient (Wildman–Crippen LogP) is 3.92. The van der Waals surface area contributed by atoms with E-state index >= 15 is 0 Å². The third kappa shape index (κ3) is 2.07. The highest BCUT2D eigenvalue weighted by Crippen LogP contribution is 2.35. The van der Waals surface area contributed by atoms with Crippen LogP contribution < -0.4 is 4.74 Å². The van der Waals surface area contributed by atoms with Gasteiger partial charge in [0.05, 0.1) is 12.8 Å². The Labute approximate surface area is 117 Å². The number of phenolic OH excluding ortho intramolecular Hbond substituents is 1. The molecule has 0 unspecified atom stereocenters. The van der Waals surface area contributed by atoms with Gasteiger partial charge in [0.2, 0.25) is 0 Å². The highest BCUT2D eigenvalue weighted by molar-refractivity contribution is 5.91. The molecule has 3 heteroatoms. The molecule has 0 amide bonds. The molecule has 3 rings (SSSR count). The van der Waals surface area contributed by atoms with Crippen LogP contribution in [0.25, 0.3) is 22.0 Å². The minimum atomic E-state index is 0.132. The Bertz CT molecular complexity index is 764. The van der Waals surface area contributed by atoms with Crippen molar-refractivity contribution in [1.82, 2.24) is 4.98 Å². The Kier molecular flexibility index (Phi) is 3.03. The number of aromatic hydroxyl groups is 1. The number of aromatic nitrogens is 1. The first-order chi connectivity index (χ1) is 9.69. The number of phenols is 1. The van der Waals surface area contributed by atoms with Crippen LogP contribution in [0.15, 0.2) is 48.7 Å². The zero-order chi connectivity index (χ0) is 14.1. The summed E-state index contributed by atoms with van der Waals surface area (Å²) in [4.78, 5) is 4.43. The average molecular weight is 265 g/mol. The zero-order valence-electron chi connectivity index (χ0n) is 11.4. The van der Waals surface area contributed by atoms with E-state index in [-0.39, 0.29) is 5.75 Å². The SMILES string of the molecule is COc1ccc2cc(-c3ccc(C)cc3)ncc2c1O. The van der Waals surface area contributed by atoms with E-state index in [2.05, 4.69) is 24.0 Å². The van der Waals surface area contributed by atoms with Gasteiger partial charge in [-0.1, -0.05) is 35.9 Å². The summed E-state index contributed by atoms with van der Waals surface area (Å²) in [5.74, 6) is 0.593. The molecule has 0 radical (unpaired) electrons. The molecule has 0 aliphatic carbocycles. The largest absolute Gasteiger partial charge is 0.504 e. The number of aryl methyl sites for hydroxylation is 1. The molecule has 0 aliphatic rings. The second kappa shape index (κ2) is 4.85. The van der Waals surface area contributed by atoms with Crippen molar-refractivity contribution in [1.29, 1.82) is 0 Å². The van der Waals surface area contributed by atoms with E-state index in [9.17, 15) is 5.11 Å². The molecular formula is C17H15NO2. The Morgan fingerprint density at radius 3 is 2.50 bits per heavy atom. The Morgan fingerprint density at radius 1 is 1.05 bits per heavy atom. The summed E-state index contributed by atoms with van der Waals surface area (Å²) < 4.78 is 5.10. The van der Waals surface area contributed by atoms with Crippen molar-refractivity contribution in [2.24, 2.45) is 0 Å². The van der Waals surface area contributed by atoms with Gasteiger partial charge in [0.1, 0.15) is 0 Å². The fourth-order valence-electron chi connectivity index (χ4n) is 2.23. The molecule has 0 saturated heterocycles. The molecule has 1 N–H and O–H groups in total. The standard InChI is InChI=1S/C17H15NO2/c1-11-3-5-12(6-4-11)15-9-13-7-8-16(20-2)17(19)14(13)10-18-15/h3-10,19H,1-2H3. The molecule has 100 valence electrons. The molecule has 1 heterocycles. The fourth-order valence-corrected chi connectivity index (χ4v) is 2.23. The van der Waals surface area contributed by atoms with Crippen LogP contribution in [0, 0.1) is 6.92 Å². The number of methoxy groups -OCH3 is 1. The molecule has 1 aromatic heterocycles. The van der Waals surface area contributed by atoms with Crippen molar-refractivity contribution in [3.05, 3.63) is 54.2 Å². The molecule has 0 atom stereocenters. The van der Waals surface area contributed by atoms with Crippen molar-refractivity contribution < 1.29 is 9.84 Å². The van der Waals surface area contributed by atoms with E-state index in [0.29, 0.717) is 11.1 Å². The minimum Gasteiger partial charge on any atom is -0.504 e. The van der Waals surface area contributed by atoms with Crippen LogP contribution in [0.1, 0.15) is 5.56 Å². The first-order valence-electron chi connectivity index (χ1n) is 6.42. The van der Waals surface area contributed by atoms with Gasteiger partial charge < -0.3 is 9.84 Å². The van der Waals surface area contributed by atoms with Gasteiger partial charge in [-0.2, -0.15) is 0 Å². The first-order valence-corrected chi connectivity index (χ1v) is 6.42. The van der Waals surface area contributed by atoms with Gasteiger partial charge in [-0.05, 0) is 24.4 Å². The maximum absolute atomic E-state index is 10.1. The molecular weight excluding hydrogens is 250 g/mol. The highest BCUT2D eigenvalue weighted by atomic mass is 16.5. The van der Waals surface area contributed by atoms with E-state index in [4.69, 9.17) is 4.74 Å². The lowest BCUT2D eigenvalue weighted by molar-refractivity contribution is 0.376. The first kappa shape index (κ1) is 12.5. The van der Waals surface area contributed by atoms with Gasteiger partial charge >= 0.3 is 0 Å². The Morgan fingerprint density at radius 2 is 1.80 bits per heavy atom. The number of hydrogen-bond donors (Lipinski definition) is 1. The van der Waals surface area contributed by atoms with Gasteiger partial charge in [0, 0.05) is 17.1 Å². The Balaban J connectivity index is 2.14. The second-order valence-corrected chi connectivity index (χ2v) is 4.77. The molecule has 0 saturated carbocycles. The monoisotopic (exact) mass is 265 g/mol. The number of hydrogen-bond acceptors (Lipinski definition) is 3. The minimum absolute atomic E-state index is 0.132. The van der Waals surface area contributed by atoms with Crippen LogP contribution in [0.2, 0.25) is 0 Å². The zero-order valence-corrected chi connectivity index (χ0v) is 11.4. The number of nitrogens with zero attached hydrogens (tertiary/aromatic N) is 1. The van der Waals surface area contributed by atoms with Crippen LogP contribution in [0.4, 0.5) is 0 Å². The molecule has 3 aromatic rings. The van der Waals surface area contributed by atoms with Crippen molar-refractivity contribution in [2.45, 2.75) is 6.92 Å². The number of rotatable bonds is 2. The van der Waals surface area contributed by atoms with Gasteiger partial charge in [-0.3, -0.25) is 4.98 Å². The number of pyridine rings is 1. The predicted molar refractivity (Wildman–Crippen MR) is 80.1 cm³/mol. The normalized spacial score (nSPS) is 10.7. The maximum Gasteiger partial charge on any atom is 0.167 e. The lowest BCUT2D eigenvalue weighted by atomic mass is 10.1. The molecule has 0 fully saturated rings. The van der Waals surface area contributed by atoms with Crippen LogP contribution in [-0.2, 0) is 0 Å². The van der Waals surface area contributed by atoms with Crippen molar-refractivity contribution >= 4 is 10.8 Å². The van der Waals surface area contributed by atoms with E-state index in [1.54, 1.807) is 12.3 Å². The van der Waals surface area contributed by atoms with Crippen LogP contribution in [-0.4, -0.2) is 17.2 Å². The number of ether oxygens (including phenoxy) is 1. The highest BCUT2D eigenvalue weighted by Gasteiger charge is 2.08. The summed E-state index contributed by atoms with van der Waals surface area (Å²) in [5.41, 5.74) is 3.17. The summed E-state index contributed by atoms with van der Waals surface area (Å²) in [6.07, 6.45) is 1.68. The molecule has 0 bridgehead atoms. The Hall–Kier alpha value is -2.55. The molecule has 3 nitrogen and oxygen atoms in total. The van der Waals surface area contributed by atoms with E-state index in [1.807, 2.05) is 24.3 Å². The summed E-state index contributed by atoms with van der Waals surface area (Å²) in [5, 5.41) is 11.7. The molecule has 20 heavy (non-hydrogen) atoms. The lowest BCUT2D eigenvalue weighted by Gasteiger charge is -2.08. The van der Waals surface area contributed by atoms with Crippen LogP contribution >= 0.6 is 0 Å². The summed E-state index contributed by atoms with van der Waals surface area (Å²) in [6.45, 7) is 2.06. The fraction of sp³-hybridized carbons (Fsp3) is 0.118. The van der Waals surface area contributed by atoms with Gasteiger partial charge in [0.25, 0.3) is 0 Å². The molecule has 0 aliphatic heterocycles. The van der Waals surface area contributed by atoms with E-state index in [1.165, 1.54) is 12.7 Å². The summed E-state index contributed by atoms with van der Waals surface area (Å²) in [6, 6.07) is 13.9. The van der Waals surface area contributed by atoms with Crippen LogP contribution in [0.5, 0.6) is 11.5 Å². The van der Waals surface area contributed by atoms with Crippen LogP contribution in [0.3, 0.4) is 0 Å². The maximum atomic E-state index is 10.1.